The molecule has 0 aromatic carbocycles. The number of aliphatic carboxylic acids is 1. The van der Waals surface area contributed by atoms with Crippen molar-refractivity contribution in [2.45, 2.75) is 37.5 Å². The quantitative estimate of drug-likeness (QED) is 0.804. The van der Waals surface area contributed by atoms with Gasteiger partial charge in [0.15, 0.2) is 0 Å². The van der Waals surface area contributed by atoms with Gasteiger partial charge in [-0.15, -0.1) is 0 Å². The standard InChI is InChI=1S/C11H16N2O2/c1-13-8-12-7-9(13)11(10(14)15)5-3-2-4-6-11/h7-8H,2-6H2,1H3,(H,14,15). The molecule has 0 unspecified atom stereocenters. The van der Waals surface area contributed by atoms with Crippen molar-refractivity contribution < 1.29 is 9.90 Å². The van der Waals surface area contributed by atoms with E-state index < -0.39 is 11.4 Å². The van der Waals surface area contributed by atoms with E-state index in [1.165, 1.54) is 0 Å². The Morgan fingerprint density at radius 2 is 2.13 bits per heavy atom. The fraction of sp³-hybridized carbons (Fsp3) is 0.636. The molecule has 4 heteroatoms. The molecule has 1 aromatic heterocycles. The molecule has 1 aliphatic carbocycles. The minimum absolute atomic E-state index is 0.691. The predicted molar refractivity (Wildman–Crippen MR) is 55.6 cm³/mol. The van der Waals surface area contributed by atoms with Gasteiger partial charge in [0.05, 0.1) is 12.0 Å². The van der Waals surface area contributed by atoms with Gasteiger partial charge in [0, 0.05) is 13.2 Å². The molecule has 0 bridgehead atoms. The molecule has 2 rings (SSSR count). The number of carboxylic acids is 1. The summed E-state index contributed by atoms with van der Waals surface area (Å²) in [6, 6.07) is 0. The topological polar surface area (TPSA) is 55.1 Å². The third-order valence-corrected chi connectivity index (χ3v) is 3.42. The van der Waals surface area contributed by atoms with E-state index in [1.807, 2.05) is 11.6 Å². The number of nitrogens with zero attached hydrogens (tertiary/aromatic N) is 2. The second-order valence-electron chi connectivity index (χ2n) is 4.34. The highest BCUT2D eigenvalue weighted by molar-refractivity contribution is 5.80. The van der Waals surface area contributed by atoms with Crippen LogP contribution in [-0.2, 0) is 17.3 Å². The average molecular weight is 208 g/mol. The maximum Gasteiger partial charge on any atom is 0.315 e. The van der Waals surface area contributed by atoms with E-state index in [0.29, 0.717) is 0 Å². The van der Waals surface area contributed by atoms with Gasteiger partial charge >= 0.3 is 5.97 Å². The Balaban J connectivity index is 2.42. The van der Waals surface area contributed by atoms with E-state index >= 15 is 0 Å². The molecule has 0 radical (unpaired) electrons. The second-order valence-corrected chi connectivity index (χ2v) is 4.34. The number of hydrogen-bond donors (Lipinski definition) is 1. The van der Waals surface area contributed by atoms with Crippen LogP contribution in [-0.4, -0.2) is 20.6 Å². The number of rotatable bonds is 2. The molecule has 0 amide bonds. The van der Waals surface area contributed by atoms with Crippen molar-refractivity contribution in [3.05, 3.63) is 18.2 Å². The third-order valence-electron chi connectivity index (χ3n) is 3.42. The maximum absolute atomic E-state index is 11.5. The molecule has 1 aliphatic rings. The number of imidazole rings is 1. The monoisotopic (exact) mass is 208 g/mol. The van der Waals surface area contributed by atoms with Crippen LogP contribution in [0.25, 0.3) is 0 Å². The zero-order valence-corrected chi connectivity index (χ0v) is 8.94. The van der Waals surface area contributed by atoms with E-state index in [1.54, 1.807) is 12.5 Å². The van der Waals surface area contributed by atoms with Crippen LogP contribution in [0.4, 0.5) is 0 Å². The lowest BCUT2D eigenvalue weighted by atomic mass is 9.72. The predicted octanol–water partition coefficient (Wildman–Crippen LogP) is 1.71. The molecular formula is C11H16N2O2. The summed E-state index contributed by atoms with van der Waals surface area (Å²) in [5.41, 5.74) is 0.151. The molecular weight excluding hydrogens is 192 g/mol. The summed E-state index contributed by atoms with van der Waals surface area (Å²) in [6.45, 7) is 0. The summed E-state index contributed by atoms with van der Waals surface area (Å²) < 4.78 is 1.83. The molecule has 15 heavy (non-hydrogen) atoms. The lowest BCUT2D eigenvalue weighted by Crippen LogP contribution is -2.39. The molecule has 1 fully saturated rings. The van der Waals surface area contributed by atoms with E-state index in [4.69, 9.17) is 0 Å². The first-order valence-corrected chi connectivity index (χ1v) is 5.37. The first-order valence-electron chi connectivity index (χ1n) is 5.37. The average Bonchev–Trinajstić information content (AvgIpc) is 2.66. The van der Waals surface area contributed by atoms with Crippen molar-refractivity contribution in [2.75, 3.05) is 0 Å². The molecule has 0 aliphatic heterocycles. The van der Waals surface area contributed by atoms with Gasteiger partial charge in [-0.05, 0) is 12.8 Å². The van der Waals surface area contributed by atoms with Crippen molar-refractivity contribution in [3.8, 4) is 0 Å². The van der Waals surface area contributed by atoms with Crippen molar-refractivity contribution in [1.82, 2.24) is 9.55 Å². The Hall–Kier alpha value is -1.32. The number of hydrogen-bond acceptors (Lipinski definition) is 2. The smallest absolute Gasteiger partial charge is 0.315 e. The van der Waals surface area contributed by atoms with Gasteiger partial charge in [-0.3, -0.25) is 4.79 Å². The van der Waals surface area contributed by atoms with Crippen LogP contribution in [0.1, 0.15) is 37.8 Å². The largest absolute Gasteiger partial charge is 0.481 e. The van der Waals surface area contributed by atoms with Crippen molar-refractivity contribution >= 4 is 5.97 Å². The molecule has 1 heterocycles. The van der Waals surface area contributed by atoms with E-state index in [0.717, 1.165) is 37.8 Å². The Labute approximate surface area is 88.9 Å². The van der Waals surface area contributed by atoms with E-state index in [-0.39, 0.29) is 0 Å². The van der Waals surface area contributed by atoms with Gasteiger partial charge in [-0.1, -0.05) is 19.3 Å². The Morgan fingerprint density at radius 3 is 2.60 bits per heavy atom. The number of carbonyl (C=O) groups is 1. The summed E-state index contributed by atoms with van der Waals surface area (Å²) in [6.07, 6.45) is 7.99. The van der Waals surface area contributed by atoms with Crippen molar-refractivity contribution in [3.63, 3.8) is 0 Å². The molecule has 1 saturated carbocycles. The lowest BCUT2D eigenvalue weighted by Gasteiger charge is -2.33. The lowest BCUT2D eigenvalue weighted by molar-refractivity contribution is -0.145. The van der Waals surface area contributed by atoms with Crippen LogP contribution in [0.3, 0.4) is 0 Å². The maximum atomic E-state index is 11.5. The van der Waals surface area contributed by atoms with Gasteiger partial charge in [0.1, 0.15) is 5.41 Å². The van der Waals surface area contributed by atoms with Crippen LogP contribution in [0.15, 0.2) is 12.5 Å². The summed E-state index contributed by atoms with van der Waals surface area (Å²) >= 11 is 0. The summed E-state index contributed by atoms with van der Waals surface area (Å²) in [4.78, 5) is 15.5. The van der Waals surface area contributed by atoms with E-state index in [9.17, 15) is 9.90 Å². The Bertz CT molecular complexity index is 364. The zero-order valence-electron chi connectivity index (χ0n) is 8.94. The zero-order chi connectivity index (χ0) is 10.9. The number of aryl methyl sites for hydroxylation is 1. The van der Waals surface area contributed by atoms with Crippen LogP contribution in [0, 0.1) is 0 Å². The molecule has 0 spiro atoms. The first kappa shape index (κ1) is 10.2. The van der Waals surface area contributed by atoms with Gasteiger partial charge in [0.25, 0.3) is 0 Å². The molecule has 82 valence electrons. The van der Waals surface area contributed by atoms with Gasteiger partial charge in [-0.2, -0.15) is 0 Å². The van der Waals surface area contributed by atoms with E-state index in [2.05, 4.69) is 4.98 Å². The second kappa shape index (κ2) is 3.68. The van der Waals surface area contributed by atoms with Crippen molar-refractivity contribution in [1.29, 1.82) is 0 Å². The number of carboxylic acid groups (broad SMARTS) is 1. The Kier molecular flexibility index (Phi) is 2.50. The summed E-state index contributed by atoms with van der Waals surface area (Å²) in [5.74, 6) is -0.703. The molecule has 0 atom stereocenters. The summed E-state index contributed by atoms with van der Waals surface area (Å²) in [7, 11) is 1.86. The Morgan fingerprint density at radius 1 is 1.47 bits per heavy atom. The highest BCUT2D eigenvalue weighted by Gasteiger charge is 2.43. The normalized spacial score (nSPS) is 20.1. The van der Waals surface area contributed by atoms with Crippen LogP contribution in [0.2, 0.25) is 0 Å². The first-order chi connectivity index (χ1) is 7.17. The minimum Gasteiger partial charge on any atom is -0.481 e. The molecule has 1 aromatic rings. The molecule has 0 saturated heterocycles. The third kappa shape index (κ3) is 1.54. The van der Waals surface area contributed by atoms with Gasteiger partial charge in [-0.25, -0.2) is 4.98 Å². The highest BCUT2D eigenvalue weighted by Crippen LogP contribution is 2.39. The molecule has 1 N–H and O–H groups in total. The van der Waals surface area contributed by atoms with Crippen molar-refractivity contribution in [2.24, 2.45) is 7.05 Å². The molecule has 4 nitrogen and oxygen atoms in total. The van der Waals surface area contributed by atoms with Crippen LogP contribution in [0.5, 0.6) is 0 Å². The SMILES string of the molecule is Cn1cncc1C1(C(=O)O)CCCCC1. The fourth-order valence-electron chi connectivity index (χ4n) is 2.55. The fourth-order valence-corrected chi connectivity index (χ4v) is 2.55. The van der Waals surface area contributed by atoms with Crippen LogP contribution < -0.4 is 0 Å². The van der Waals surface area contributed by atoms with Gasteiger partial charge < -0.3 is 9.67 Å². The van der Waals surface area contributed by atoms with Crippen LogP contribution >= 0.6 is 0 Å². The summed E-state index contributed by atoms with van der Waals surface area (Å²) in [5, 5.41) is 9.44. The number of aromatic nitrogens is 2. The highest BCUT2D eigenvalue weighted by atomic mass is 16.4. The van der Waals surface area contributed by atoms with Gasteiger partial charge in [0.2, 0.25) is 0 Å². The minimum atomic E-state index is -0.703.